The molecule has 2 rings (SSSR count). The maximum absolute atomic E-state index is 12.3. The Labute approximate surface area is 228 Å². The normalized spacial score (nSPS) is 13.4. The second-order valence-corrected chi connectivity index (χ2v) is 14.0. The van der Waals surface area contributed by atoms with Crippen molar-refractivity contribution in [2.45, 2.75) is 105 Å². The third-order valence-electron chi connectivity index (χ3n) is 6.37. The van der Waals surface area contributed by atoms with Crippen LogP contribution in [0.15, 0.2) is 34.5 Å². The van der Waals surface area contributed by atoms with E-state index in [0.29, 0.717) is 11.1 Å². The van der Waals surface area contributed by atoms with E-state index in [4.69, 9.17) is 0 Å². The fraction of sp³-hybridized carbons (Fsp3) is 0.516. The van der Waals surface area contributed by atoms with Crippen LogP contribution < -0.4 is 10.9 Å². The van der Waals surface area contributed by atoms with Crippen LogP contribution in [0.25, 0.3) is 0 Å². The van der Waals surface area contributed by atoms with E-state index >= 15 is 0 Å². The van der Waals surface area contributed by atoms with Crippen LogP contribution in [-0.4, -0.2) is 28.7 Å². The number of phenols is 2. The summed E-state index contributed by atoms with van der Waals surface area (Å²) in [6.07, 6.45) is 2.86. The topological polar surface area (TPSA) is 106 Å². The Morgan fingerprint density at radius 3 is 1.18 bits per heavy atom. The maximum atomic E-state index is 12.3. The van der Waals surface area contributed by atoms with Crippen molar-refractivity contribution >= 4 is 18.5 Å². The molecular formula is C31H46N4O3. The first-order chi connectivity index (χ1) is 17.1. The molecule has 0 fully saturated rings. The van der Waals surface area contributed by atoms with Gasteiger partial charge in [0.15, 0.2) is 0 Å². The first kappa shape index (κ1) is 30.9. The van der Waals surface area contributed by atoms with Gasteiger partial charge in [0.1, 0.15) is 11.5 Å². The molecule has 7 nitrogen and oxygen atoms in total. The average Bonchev–Trinajstić information content (AvgIpc) is 2.72. The Bertz CT molecular complexity index is 1140. The molecule has 2 aromatic rings. The number of phenolic OH excluding ortho intramolecular Hbond substituents is 2. The third-order valence-corrected chi connectivity index (χ3v) is 6.37. The standard InChI is InChI=1S/C31H46N4O3/c1-28(2,3)21-13-19(25(36)23(15-21)30(7,8)9)17-32-34-27(38)35-33-18-20-14-22(29(4,5)6)16-24(26(20)37)31(10,11)12/h13-18,36-37H,1-12H3,(H2,34,35,38). The number of urea groups is 1. The third kappa shape index (κ3) is 7.83. The first-order valence-electron chi connectivity index (χ1n) is 13.0. The Hall–Kier alpha value is -3.35. The van der Waals surface area contributed by atoms with Crippen LogP contribution in [0, 0.1) is 0 Å². The molecule has 2 amide bonds. The average molecular weight is 523 g/mol. The minimum atomic E-state index is -0.650. The van der Waals surface area contributed by atoms with E-state index in [1.165, 1.54) is 12.4 Å². The molecule has 7 heteroatoms. The zero-order valence-corrected chi connectivity index (χ0v) is 25.2. The summed E-state index contributed by atoms with van der Waals surface area (Å²) in [7, 11) is 0. The Balaban J connectivity index is 2.24. The van der Waals surface area contributed by atoms with Crippen LogP contribution in [0.3, 0.4) is 0 Å². The lowest BCUT2D eigenvalue weighted by molar-refractivity contribution is 0.242. The second-order valence-electron chi connectivity index (χ2n) is 14.0. The molecular weight excluding hydrogens is 476 g/mol. The highest BCUT2D eigenvalue weighted by Gasteiger charge is 2.26. The number of hydrogen-bond acceptors (Lipinski definition) is 5. The van der Waals surface area contributed by atoms with Gasteiger partial charge in [-0.15, -0.1) is 0 Å². The van der Waals surface area contributed by atoms with Crippen molar-refractivity contribution in [1.29, 1.82) is 0 Å². The highest BCUT2D eigenvalue weighted by atomic mass is 16.3. The number of carbonyl (C=O) groups is 1. The summed E-state index contributed by atoms with van der Waals surface area (Å²) in [5, 5.41) is 29.8. The lowest BCUT2D eigenvalue weighted by Gasteiger charge is -2.26. The van der Waals surface area contributed by atoms with Crippen molar-refractivity contribution in [3.8, 4) is 11.5 Å². The highest BCUT2D eigenvalue weighted by molar-refractivity contribution is 5.87. The Kier molecular flexibility index (Phi) is 8.77. The van der Waals surface area contributed by atoms with Gasteiger partial charge in [0, 0.05) is 22.3 Å². The quantitative estimate of drug-likeness (QED) is 0.258. The van der Waals surface area contributed by atoms with Crippen molar-refractivity contribution in [3.05, 3.63) is 57.6 Å². The first-order valence-corrected chi connectivity index (χ1v) is 13.0. The van der Waals surface area contributed by atoms with Crippen LogP contribution in [0.4, 0.5) is 4.79 Å². The predicted molar refractivity (Wildman–Crippen MR) is 158 cm³/mol. The second kappa shape index (κ2) is 10.8. The Morgan fingerprint density at radius 1 is 0.605 bits per heavy atom. The van der Waals surface area contributed by atoms with E-state index < -0.39 is 6.03 Å². The molecule has 0 atom stereocenters. The number of carbonyl (C=O) groups excluding carboxylic acids is 1. The monoisotopic (exact) mass is 522 g/mol. The van der Waals surface area contributed by atoms with Gasteiger partial charge >= 0.3 is 6.03 Å². The summed E-state index contributed by atoms with van der Waals surface area (Å²) >= 11 is 0. The van der Waals surface area contributed by atoms with Crippen LogP contribution in [0.1, 0.15) is 116 Å². The van der Waals surface area contributed by atoms with E-state index in [1.54, 1.807) is 0 Å². The van der Waals surface area contributed by atoms with Crippen LogP contribution >= 0.6 is 0 Å². The summed E-state index contributed by atoms with van der Waals surface area (Å²) in [4.78, 5) is 12.3. The molecule has 2 aromatic carbocycles. The minimum absolute atomic E-state index is 0.126. The molecule has 0 saturated heterocycles. The zero-order valence-electron chi connectivity index (χ0n) is 25.2. The number of benzene rings is 2. The van der Waals surface area contributed by atoms with E-state index in [2.05, 4.69) is 62.6 Å². The minimum Gasteiger partial charge on any atom is -0.507 e. The van der Waals surface area contributed by atoms with Gasteiger partial charge in [0.25, 0.3) is 0 Å². The fourth-order valence-corrected chi connectivity index (χ4v) is 3.87. The van der Waals surface area contributed by atoms with E-state index in [0.717, 1.165) is 22.3 Å². The number of aromatic hydroxyl groups is 2. The van der Waals surface area contributed by atoms with E-state index in [9.17, 15) is 15.0 Å². The number of hydrazone groups is 2. The number of nitrogens with one attached hydrogen (secondary N) is 2. The van der Waals surface area contributed by atoms with Gasteiger partial charge in [-0.25, -0.2) is 15.6 Å². The molecule has 0 aliphatic carbocycles. The fourth-order valence-electron chi connectivity index (χ4n) is 3.87. The van der Waals surface area contributed by atoms with Gasteiger partial charge in [0.2, 0.25) is 0 Å². The van der Waals surface area contributed by atoms with Gasteiger partial charge in [-0.1, -0.05) is 95.2 Å². The molecule has 0 aliphatic heterocycles. The molecule has 38 heavy (non-hydrogen) atoms. The maximum Gasteiger partial charge on any atom is 0.355 e. The van der Waals surface area contributed by atoms with Crippen molar-refractivity contribution in [3.63, 3.8) is 0 Å². The molecule has 0 radical (unpaired) electrons. The SMILES string of the molecule is CC(C)(C)c1cc(C=NNC(=O)NN=Cc2cc(C(C)(C)C)cc(C(C)(C)C)c2O)c(O)c(C(C)(C)C)c1. The summed E-state index contributed by atoms with van der Waals surface area (Å²) in [6, 6.07) is 7.16. The number of nitrogens with zero attached hydrogens (tertiary/aromatic N) is 2. The van der Waals surface area contributed by atoms with Crippen molar-refractivity contribution in [2.24, 2.45) is 10.2 Å². The summed E-state index contributed by atoms with van der Waals surface area (Å²) in [5.41, 5.74) is 8.75. The Morgan fingerprint density at radius 2 is 0.921 bits per heavy atom. The van der Waals surface area contributed by atoms with Crippen molar-refractivity contribution in [1.82, 2.24) is 10.9 Å². The highest BCUT2D eigenvalue weighted by Crippen LogP contribution is 2.38. The molecule has 0 aliphatic rings. The molecule has 0 bridgehead atoms. The zero-order chi connectivity index (χ0) is 29.3. The van der Waals surface area contributed by atoms with Crippen molar-refractivity contribution in [2.75, 3.05) is 0 Å². The van der Waals surface area contributed by atoms with Crippen molar-refractivity contribution < 1.29 is 15.0 Å². The molecule has 0 saturated carbocycles. The van der Waals surface area contributed by atoms with Gasteiger partial charge in [-0.3, -0.25) is 0 Å². The number of amides is 2. The molecule has 0 spiro atoms. The number of rotatable bonds is 4. The lowest BCUT2D eigenvalue weighted by atomic mass is 9.79. The van der Waals surface area contributed by atoms with E-state index in [-0.39, 0.29) is 33.2 Å². The summed E-state index contributed by atoms with van der Waals surface area (Å²) in [6.45, 7) is 24.9. The molecule has 0 unspecified atom stereocenters. The predicted octanol–water partition coefficient (Wildman–Crippen LogP) is 6.96. The lowest BCUT2D eigenvalue weighted by Crippen LogP contribution is -2.28. The summed E-state index contributed by atoms with van der Waals surface area (Å²) in [5.74, 6) is 0.275. The largest absolute Gasteiger partial charge is 0.507 e. The molecule has 0 aromatic heterocycles. The smallest absolute Gasteiger partial charge is 0.355 e. The summed E-state index contributed by atoms with van der Waals surface area (Å²) < 4.78 is 0. The number of hydrogen-bond donors (Lipinski definition) is 4. The molecule has 4 N–H and O–H groups in total. The van der Waals surface area contributed by atoms with Gasteiger partial charge < -0.3 is 10.2 Å². The van der Waals surface area contributed by atoms with Crippen LogP contribution in [0.2, 0.25) is 0 Å². The molecule has 0 heterocycles. The molecule has 208 valence electrons. The van der Waals surface area contributed by atoms with Gasteiger partial charge in [0.05, 0.1) is 12.4 Å². The van der Waals surface area contributed by atoms with Crippen LogP contribution in [0.5, 0.6) is 11.5 Å². The van der Waals surface area contributed by atoms with E-state index in [1.807, 2.05) is 65.8 Å². The van der Waals surface area contributed by atoms with Crippen LogP contribution in [-0.2, 0) is 21.7 Å². The van der Waals surface area contributed by atoms with Gasteiger partial charge in [-0.05, 0) is 44.9 Å². The van der Waals surface area contributed by atoms with Gasteiger partial charge in [-0.2, -0.15) is 10.2 Å².